The molecule has 0 radical (unpaired) electrons. The molecule has 2 unspecified atom stereocenters. The normalized spacial score (nSPS) is 23.6. The molecule has 1 heterocycles. The van der Waals surface area contributed by atoms with Gasteiger partial charge in [0.1, 0.15) is 9.84 Å². The molecule has 0 N–H and O–H groups in total. The summed E-state index contributed by atoms with van der Waals surface area (Å²) in [7, 11) is -1.85. The first-order valence-electron chi connectivity index (χ1n) is 5.85. The zero-order chi connectivity index (χ0) is 13.1. The molecule has 0 saturated carbocycles. The molecule has 1 aliphatic heterocycles. The van der Waals surface area contributed by atoms with E-state index in [2.05, 4.69) is 11.8 Å². The summed E-state index contributed by atoms with van der Waals surface area (Å²) in [6, 6.07) is 0. The van der Waals surface area contributed by atoms with E-state index < -0.39 is 21.7 Å². The minimum Gasteiger partial charge on any atom is -0.469 e. The number of methoxy groups -OCH3 is 1. The largest absolute Gasteiger partial charge is 0.469 e. The second-order valence-electron chi connectivity index (χ2n) is 4.66. The molecule has 0 bridgehead atoms. The van der Waals surface area contributed by atoms with E-state index >= 15 is 0 Å². The Morgan fingerprint density at radius 1 is 1.53 bits per heavy atom. The fraction of sp³-hybridized carbons (Fsp3) is 0.909. The van der Waals surface area contributed by atoms with Gasteiger partial charge in [0.2, 0.25) is 0 Å². The molecular weight excluding hydrogens is 242 g/mol. The fourth-order valence-electron chi connectivity index (χ4n) is 2.35. The van der Waals surface area contributed by atoms with Crippen molar-refractivity contribution in [2.24, 2.45) is 11.8 Å². The Balaban J connectivity index is 2.74. The Labute approximate surface area is 103 Å². The summed E-state index contributed by atoms with van der Waals surface area (Å²) in [6.07, 6.45) is 2.03. The van der Waals surface area contributed by atoms with Gasteiger partial charge in [-0.25, -0.2) is 8.42 Å². The van der Waals surface area contributed by atoms with E-state index in [1.54, 1.807) is 0 Å². The molecule has 1 rings (SSSR count). The van der Waals surface area contributed by atoms with Gasteiger partial charge in [-0.2, -0.15) is 0 Å². The van der Waals surface area contributed by atoms with Gasteiger partial charge in [0.25, 0.3) is 0 Å². The summed E-state index contributed by atoms with van der Waals surface area (Å²) >= 11 is 0. The first-order valence-corrected chi connectivity index (χ1v) is 7.91. The zero-order valence-corrected chi connectivity index (χ0v) is 11.5. The van der Waals surface area contributed by atoms with Gasteiger partial charge in [0, 0.05) is 12.8 Å². The van der Waals surface area contributed by atoms with Crippen molar-refractivity contribution in [3.8, 4) is 0 Å². The standard InChI is InChI=1S/C11H21NO4S/c1-4-12-6-5-9(7-12)10(11(13)16-2)8-17(3,14)15/h9-10H,4-8H2,1-3H3. The van der Waals surface area contributed by atoms with Crippen LogP contribution in [0.15, 0.2) is 0 Å². The van der Waals surface area contributed by atoms with Gasteiger partial charge < -0.3 is 9.64 Å². The van der Waals surface area contributed by atoms with Crippen molar-refractivity contribution in [3.05, 3.63) is 0 Å². The third-order valence-electron chi connectivity index (χ3n) is 3.31. The maximum absolute atomic E-state index is 11.7. The topological polar surface area (TPSA) is 63.7 Å². The molecule has 5 nitrogen and oxygen atoms in total. The van der Waals surface area contributed by atoms with Crippen molar-refractivity contribution in [1.29, 1.82) is 0 Å². The fourth-order valence-corrected chi connectivity index (χ4v) is 3.41. The van der Waals surface area contributed by atoms with Crippen molar-refractivity contribution in [1.82, 2.24) is 4.90 Å². The number of hydrogen-bond acceptors (Lipinski definition) is 5. The molecule has 0 aromatic heterocycles. The van der Waals surface area contributed by atoms with Gasteiger partial charge in [0.05, 0.1) is 18.8 Å². The third-order valence-corrected chi connectivity index (χ3v) is 4.28. The summed E-state index contributed by atoms with van der Waals surface area (Å²) in [5.41, 5.74) is 0. The number of nitrogens with zero attached hydrogens (tertiary/aromatic N) is 1. The number of sulfone groups is 1. The number of esters is 1. The number of carbonyl (C=O) groups is 1. The van der Waals surface area contributed by atoms with Crippen LogP contribution in [-0.2, 0) is 19.4 Å². The van der Waals surface area contributed by atoms with E-state index in [0.717, 1.165) is 32.3 Å². The molecule has 0 spiro atoms. The highest BCUT2D eigenvalue weighted by Crippen LogP contribution is 2.26. The maximum Gasteiger partial charge on any atom is 0.310 e. The average Bonchev–Trinajstić information content (AvgIpc) is 2.72. The molecule has 1 aliphatic rings. The van der Waals surface area contributed by atoms with Gasteiger partial charge in [-0.1, -0.05) is 6.92 Å². The Morgan fingerprint density at radius 2 is 2.18 bits per heavy atom. The van der Waals surface area contributed by atoms with Crippen LogP contribution < -0.4 is 0 Å². The molecular formula is C11H21NO4S. The third kappa shape index (κ3) is 4.27. The Hall–Kier alpha value is -0.620. The van der Waals surface area contributed by atoms with Gasteiger partial charge in [-0.05, 0) is 25.4 Å². The zero-order valence-electron chi connectivity index (χ0n) is 10.7. The van der Waals surface area contributed by atoms with Crippen molar-refractivity contribution in [2.75, 3.05) is 38.8 Å². The molecule has 0 aliphatic carbocycles. The summed E-state index contributed by atoms with van der Waals surface area (Å²) < 4.78 is 27.4. The summed E-state index contributed by atoms with van der Waals surface area (Å²) in [6.45, 7) is 4.71. The molecule has 1 fully saturated rings. The van der Waals surface area contributed by atoms with E-state index in [1.165, 1.54) is 7.11 Å². The lowest BCUT2D eigenvalue weighted by atomic mass is 9.93. The van der Waals surface area contributed by atoms with E-state index in [0.29, 0.717) is 0 Å². The number of ether oxygens (including phenoxy) is 1. The van der Waals surface area contributed by atoms with Crippen molar-refractivity contribution >= 4 is 15.8 Å². The van der Waals surface area contributed by atoms with Crippen LogP contribution in [0, 0.1) is 11.8 Å². The van der Waals surface area contributed by atoms with Crippen LogP contribution >= 0.6 is 0 Å². The van der Waals surface area contributed by atoms with Crippen LogP contribution in [0.4, 0.5) is 0 Å². The van der Waals surface area contributed by atoms with Crippen molar-refractivity contribution < 1.29 is 17.9 Å². The Morgan fingerprint density at radius 3 is 2.59 bits per heavy atom. The summed E-state index contributed by atoms with van der Waals surface area (Å²) in [5, 5.41) is 0. The highest BCUT2D eigenvalue weighted by atomic mass is 32.2. The van der Waals surface area contributed by atoms with Gasteiger partial charge in [-0.3, -0.25) is 4.79 Å². The van der Waals surface area contributed by atoms with Crippen LogP contribution in [-0.4, -0.2) is 58.0 Å². The van der Waals surface area contributed by atoms with Crippen molar-refractivity contribution in [3.63, 3.8) is 0 Å². The number of hydrogen-bond donors (Lipinski definition) is 0. The van der Waals surface area contributed by atoms with Crippen LogP contribution in [0.5, 0.6) is 0 Å². The quantitative estimate of drug-likeness (QED) is 0.661. The summed E-state index contributed by atoms with van der Waals surface area (Å²) in [4.78, 5) is 13.9. The van der Waals surface area contributed by atoms with Gasteiger partial charge >= 0.3 is 5.97 Å². The molecule has 6 heteroatoms. The highest BCUT2D eigenvalue weighted by molar-refractivity contribution is 7.90. The molecule has 0 aromatic carbocycles. The Kier molecular flexibility index (Phi) is 4.94. The SMILES string of the molecule is CCN1CCC(C(CS(C)(=O)=O)C(=O)OC)C1. The lowest BCUT2D eigenvalue weighted by molar-refractivity contribution is -0.146. The minimum absolute atomic E-state index is 0.0946. The second kappa shape index (κ2) is 5.82. The maximum atomic E-state index is 11.7. The predicted molar refractivity (Wildman–Crippen MR) is 65.4 cm³/mol. The van der Waals surface area contributed by atoms with Crippen molar-refractivity contribution in [2.45, 2.75) is 13.3 Å². The Bertz CT molecular complexity index is 366. The monoisotopic (exact) mass is 263 g/mol. The van der Waals surface area contributed by atoms with E-state index in [-0.39, 0.29) is 11.7 Å². The van der Waals surface area contributed by atoms with E-state index in [1.807, 2.05) is 0 Å². The number of likely N-dealkylation sites (tertiary alicyclic amines) is 1. The van der Waals surface area contributed by atoms with Crippen LogP contribution in [0.3, 0.4) is 0 Å². The van der Waals surface area contributed by atoms with Crippen LogP contribution in [0.25, 0.3) is 0 Å². The summed E-state index contributed by atoms with van der Waals surface area (Å²) in [5.74, 6) is -0.941. The lowest BCUT2D eigenvalue weighted by Gasteiger charge is -2.20. The van der Waals surface area contributed by atoms with Gasteiger partial charge in [-0.15, -0.1) is 0 Å². The van der Waals surface area contributed by atoms with E-state index in [4.69, 9.17) is 4.74 Å². The predicted octanol–water partition coefficient (Wildman–Crippen LogP) is 0.162. The first kappa shape index (κ1) is 14.4. The highest BCUT2D eigenvalue weighted by Gasteiger charge is 2.36. The second-order valence-corrected chi connectivity index (χ2v) is 6.85. The molecule has 0 amide bonds. The minimum atomic E-state index is -3.16. The molecule has 1 saturated heterocycles. The molecule has 17 heavy (non-hydrogen) atoms. The molecule has 0 aromatic rings. The van der Waals surface area contributed by atoms with Crippen LogP contribution in [0.2, 0.25) is 0 Å². The van der Waals surface area contributed by atoms with Gasteiger partial charge in [0.15, 0.2) is 0 Å². The first-order chi connectivity index (χ1) is 7.87. The van der Waals surface area contributed by atoms with Crippen LogP contribution in [0.1, 0.15) is 13.3 Å². The lowest BCUT2D eigenvalue weighted by Crippen LogP contribution is -2.33. The molecule has 2 atom stereocenters. The number of rotatable bonds is 5. The molecule has 100 valence electrons. The van der Waals surface area contributed by atoms with E-state index in [9.17, 15) is 13.2 Å². The smallest absolute Gasteiger partial charge is 0.310 e. The number of carbonyl (C=O) groups excluding carboxylic acids is 1. The average molecular weight is 263 g/mol.